The first-order valence-corrected chi connectivity index (χ1v) is 9.74. The maximum Gasteiger partial charge on any atom is 0.228 e. The third-order valence-electron chi connectivity index (χ3n) is 3.94. The molecule has 0 radical (unpaired) electrons. The summed E-state index contributed by atoms with van der Waals surface area (Å²) < 4.78 is 0. The van der Waals surface area contributed by atoms with Gasteiger partial charge in [-0.15, -0.1) is 0 Å². The van der Waals surface area contributed by atoms with E-state index < -0.39 is 0 Å². The summed E-state index contributed by atoms with van der Waals surface area (Å²) in [6.07, 6.45) is 0. The van der Waals surface area contributed by atoms with Crippen molar-refractivity contribution in [2.24, 2.45) is 0 Å². The predicted molar refractivity (Wildman–Crippen MR) is 105 cm³/mol. The number of hydrogen-bond donors (Lipinski definition) is 0. The van der Waals surface area contributed by atoms with Crippen LogP contribution in [0, 0.1) is 0 Å². The van der Waals surface area contributed by atoms with Crippen LogP contribution in [0.3, 0.4) is 0 Å². The van der Waals surface area contributed by atoms with Gasteiger partial charge in [0, 0.05) is 33.7 Å². The Balaban J connectivity index is 2.45. The second kappa shape index (κ2) is 6.80. The highest BCUT2D eigenvalue weighted by molar-refractivity contribution is 9.09. The molecule has 0 aliphatic carbocycles. The third kappa shape index (κ3) is 2.88. The van der Waals surface area contributed by atoms with Crippen LogP contribution in [0.4, 0.5) is 11.4 Å². The molecule has 2 aromatic rings. The van der Waals surface area contributed by atoms with E-state index in [1.54, 1.807) is 11.8 Å². The van der Waals surface area contributed by atoms with E-state index in [-0.39, 0.29) is 5.91 Å². The molecular weight excluding hydrogens is 441 g/mol. The van der Waals surface area contributed by atoms with Crippen LogP contribution in [0.15, 0.2) is 42.5 Å². The van der Waals surface area contributed by atoms with Crippen LogP contribution in [-0.4, -0.2) is 16.6 Å². The molecule has 0 saturated heterocycles. The Morgan fingerprint density at radius 2 is 1.61 bits per heavy atom. The average Bonchev–Trinajstić information content (AvgIpc) is 2.66. The first-order chi connectivity index (χ1) is 11.1. The van der Waals surface area contributed by atoms with Crippen molar-refractivity contribution in [1.82, 2.24) is 0 Å². The van der Waals surface area contributed by atoms with E-state index in [9.17, 15) is 4.79 Å². The molecule has 3 rings (SSSR count). The molecule has 1 aliphatic heterocycles. The molecule has 0 unspecified atom stereocenters. The van der Waals surface area contributed by atoms with Gasteiger partial charge in [-0.05, 0) is 35.4 Å². The Hall–Kier alpha value is -1.10. The largest absolute Gasteiger partial charge is 0.280 e. The van der Waals surface area contributed by atoms with Crippen LogP contribution in [0.1, 0.15) is 18.1 Å². The molecule has 0 N–H and O–H groups in total. The van der Waals surface area contributed by atoms with Gasteiger partial charge in [0.2, 0.25) is 5.91 Å². The maximum atomic E-state index is 12.4. The van der Waals surface area contributed by atoms with E-state index in [1.165, 1.54) is 0 Å². The van der Waals surface area contributed by atoms with Crippen molar-refractivity contribution in [3.63, 3.8) is 0 Å². The molecule has 0 bridgehead atoms. The van der Waals surface area contributed by atoms with Crippen LogP contribution < -0.4 is 4.90 Å². The fourth-order valence-electron chi connectivity index (χ4n) is 2.97. The Labute approximate surface area is 157 Å². The van der Waals surface area contributed by atoms with Gasteiger partial charge in [-0.1, -0.05) is 61.7 Å². The predicted octanol–water partition coefficient (Wildman–Crippen LogP) is 6.04. The molecule has 1 heterocycles. The standard InChI is InChI=1S/C18H14Br2ClNO/c1-11(23)22-17-5-3-2-4-13(17)15(9-19)16(10-20)14-8-12(21)6-7-18(14)22/h2-8H,9-10H2,1H3. The molecule has 23 heavy (non-hydrogen) atoms. The molecule has 118 valence electrons. The Bertz CT molecular complexity index is 816. The van der Waals surface area contributed by atoms with Crippen molar-refractivity contribution in [3.8, 4) is 0 Å². The molecule has 2 nitrogen and oxygen atoms in total. The molecule has 0 aromatic heterocycles. The van der Waals surface area contributed by atoms with Crippen LogP contribution in [-0.2, 0) is 4.79 Å². The summed E-state index contributed by atoms with van der Waals surface area (Å²) in [7, 11) is 0. The maximum absolute atomic E-state index is 12.4. The minimum absolute atomic E-state index is 0.0224. The average molecular weight is 456 g/mol. The van der Waals surface area contributed by atoms with Crippen LogP contribution >= 0.6 is 43.5 Å². The lowest BCUT2D eigenvalue weighted by Crippen LogP contribution is -2.24. The van der Waals surface area contributed by atoms with Crippen LogP contribution in [0.2, 0.25) is 5.02 Å². The zero-order valence-corrected chi connectivity index (χ0v) is 16.4. The van der Waals surface area contributed by atoms with Gasteiger partial charge in [-0.3, -0.25) is 9.69 Å². The number of carbonyl (C=O) groups excluding carboxylic acids is 1. The highest BCUT2D eigenvalue weighted by atomic mass is 79.9. The lowest BCUT2D eigenvalue weighted by atomic mass is 9.97. The number of benzene rings is 2. The molecule has 1 amide bonds. The Morgan fingerprint density at radius 1 is 1.00 bits per heavy atom. The summed E-state index contributed by atoms with van der Waals surface area (Å²) >= 11 is 13.4. The fraction of sp³-hybridized carbons (Fsp3) is 0.167. The number of carbonyl (C=O) groups is 1. The second-order valence-electron chi connectivity index (χ2n) is 5.26. The van der Waals surface area contributed by atoms with E-state index in [0.717, 1.165) is 33.6 Å². The first-order valence-electron chi connectivity index (χ1n) is 7.12. The summed E-state index contributed by atoms with van der Waals surface area (Å²) in [6, 6.07) is 13.6. The molecule has 2 aromatic carbocycles. The smallest absolute Gasteiger partial charge is 0.228 e. The number of fused-ring (bicyclic) bond motifs is 2. The van der Waals surface area contributed by atoms with Crippen molar-refractivity contribution < 1.29 is 4.79 Å². The number of para-hydroxylation sites is 1. The summed E-state index contributed by atoms with van der Waals surface area (Å²) in [6.45, 7) is 1.59. The summed E-state index contributed by atoms with van der Waals surface area (Å²) in [5.41, 5.74) is 6.09. The molecule has 0 atom stereocenters. The third-order valence-corrected chi connectivity index (χ3v) is 5.30. The van der Waals surface area contributed by atoms with E-state index in [4.69, 9.17) is 11.6 Å². The van der Waals surface area contributed by atoms with E-state index in [2.05, 4.69) is 37.9 Å². The zero-order valence-electron chi connectivity index (χ0n) is 12.4. The van der Waals surface area contributed by atoms with Crippen LogP contribution in [0.5, 0.6) is 0 Å². The van der Waals surface area contributed by atoms with Gasteiger partial charge in [-0.2, -0.15) is 0 Å². The monoisotopic (exact) mass is 453 g/mol. The van der Waals surface area contributed by atoms with Gasteiger partial charge in [-0.25, -0.2) is 0 Å². The highest BCUT2D eigenvalue weighted by Crippen LogP contribution is 2.45. The number of nitrogens with zero attached hydrogens (tertiary/aromatic N) is 1. The lowest BCUT2D eigenvalue weighted by Gasteiger charge is -2.24. The number of halogens is 3. The zero-order chi connectivity index (χ0) is 16.6. The van der Waals surface area contributed by atoms with Crippen molar-refractivity contribution in [3.05, 3.63) is 58.6 Å². The number of amides is 1. The van der Waals surface area contributed by atoms with Crippen LogP contribution in [0.25, 0.3) is 11.1 Å². The minimum Gasteiger partial charge on any atom is -0.280 e. The van der Waals surface area contributed by atoms with Gasteiger partial charge < -0.3 is 0 Å². The number of anilines is 2. The van der Waals surface area contributed by atoms with Crippen molar-refractivity contribution >= 4 is 71.9 Å². The Morgan fingerprint density at radius 3 is 2.26 bits per heavy atom. The topological polar surface area (TPSA) is 20.3 Å². The minimum atomic E-state index is -0.0224. The summed E-state index contributed by atoms with van der Waals surface area (Å²) in [4.78, 5) is 14.2. The Kier molecular flexibility index (Phi) is 4.95. The summed E-state index contributed by atoms with van der Waals surface area (Å²) in [5, 5.41) is 2.04. The molecule has 0 spiro atoms. The normalized spacial score (nSPS) is 13.5. The first kappa shape index (κ1) is 16.7. The SMILES string of the molecule is CC(=O)N1c2ccccc2C(CBr)=C(CBr)c2cc(Cl)ccc21. The fourth-order valence-corrected chi connectivity index (χ4v) is 4.42. The van der Waals surface area contributed by atoms with Crippen molar-refractivity contribution in [1.29, 1.82) is 0 Å². The van der Waals surface area contributed by atoms with E-state index in [1.807, 2.05) is 36.4 Å². The highest BCUT2D eigenvalue weighted by Gasteiger charge is 2.27. The second-order valence-corrected chi connectivity index (χ2v) is 6.82. The number of allylic oxidation sites excluding steroid dienone is 2. The van der Waals surface area contributed by atoms with Gasteiger partial charge in [0.25, 0.3) is 0 Å². The quantitative estimate of drug-likeness (QED) is 0.506. The lowest BCUT2D eigenvalue weighted by molar-refractivity contribution is -0.115. The molecule has 1 aliphatic rings. The van der Waals surface area contributed by atoms with Gasteiger partial charge in [0.1, 0.15) is 0 Å². The van der Waals surface area contributed by atoms with Gasteiger partial charge >= 0.3 is 0 Å². The number of rotatable bonds is 2. The molecule has 0 saturated carbocycles. The van der Waals surface area contributed by atoms with Crippen molar-refractivity contribution in [2.45, 2.75) is 6.92 Å². The van der Waals surface area contributed by atoms with E-state index >= 15 is 0 Å². The number of alkyl halides is 2. The molecular formula is C18H14Br2ClNO. The number of hydrogen-bond acceptors (Lipinski definition) is 1. The van der Waals surface area contributed by atoms with Gasteiger partial charge in [0.15, 0.2) is 0 Å². The summed E-state index contributed by atoms with van der Waals surface area (Å²) in [5.74, 6) is -0.0224. The van der Waals surface area contributed by atoms with Gasteiger partial charge in [0.05, 0.1) is 11.4 Å². The molecule has 0 fully saturated rings. The molecule has 5 heteroatoms. The van der Waals surface area contributed by atoms with E-state index in [0.29, 0.717) is 15.7 Å². The van der Waals surface area contributed by atoms with Crippen molar-refractivity contribution in [2.75, 3.05) is 15.6 Å².